The number of fused-ring (bicyclic) bond motifs is 1. The number of hydrogen-bond acceptors (Lipinski definition) is 8. The molecular formula is C39H47N3O8Si. The van der Waals surface area contributed by atoms with Gasteiger partial charge >= 0.3 is 0 Å². The van der Waals surface area contributed by atoms with Gasteiger partial charge in [-0.05, 0) is 46.8 Å². The summed E-state index contributed by atoms with van der Waals surface area (Å²) in [5.41, 5.74) is 0.409. The monoisotopic (exact) mass is 713 g/mol. The SMILES string of the molecule is CC(C)(C)[Si](OCCOCCOCCCCCC(=O)Nc1cccc2c1C(=O)N(C1CCC(=O)NC1=O)C2=O)(c1ccccc1)c1ccccc1. The first-order chi connectivity index (χ1) is 24.5. The Balaban J connectivity index is 0.985. The molecule has 2 heterocycles. The van der Waals surface area contributed by atoms with E-state index in [4.69, 9.17) is 13.9 Å². The number of imide groups is 2. The lowest BCUT2D eigenvalue weighted by atomic mass is 10.0. The number of piperidine rings is 1. The Labute approximate surface area is 300 Å². The highest BCUT2D eigenvalue weighted by atomic mass is 28.4. The van der Waals surface area contributed by atoms with Crippen molar-refractivity contribution in [2.24, 2.45) is 0 Å². The second-order valence-electron chi connectivity index (χ2n) is 13.8. The maximum absolute atomic E-state index is 13.2. The van der Waals surface area contributed by atoms with Gasteiger partial charge in [-0.2, -0.15) is 0 Å². The standard InChI is InChI=1S/C39H47N3O8Si/c1-39(2,3)51(28-14-7-4-8-15-28,29-16-9-5-10-17-29)50-27-26-49-25-24-48-23-12-6-11-20-33(43)40-31-19-13-18-30-35(31)38(47)42(37(30)46)32-21-22-34(44)41-36(32)45/h4-5,7-10,13-19,32H,6,11-12,20-27H2,1-3H3,(H,40,43)(H,41,44,45). The third kappa shape index (κ3) is 8.70. The molecule has 11 nitrogen and oxygen atoms in total. The molecule has 5 amide bonds. The molecule has 270 valence electrons. The molecule has 0 saturated carbocycles. The lowest BCUT2D eigenvalue weighted by molar-refractivity contribution is -0.136. The highest BCUT2D eigenvalue weighted by Gasteiger charge is 2.50. The molecule has 1 fully saturated rings. The fourth-order valence-electron chi connectivity index (χ4n) is 6.84. The molecule has 0 bridgehead atoms. The van der Waals surface area contributed by atoms with Gasteiger partial charge in [-0.1, -0.05) is 93.9 Å². The fourth-order valence-corrected chi connectivity index (χ4v) is 11.4. The van der Waals surface area contributed by atoms with Gasteiger partial charge in [-0.3, -0.25) is 34.2 Å². The average Bonchev–Trinajstić information content (AvgIpc) is 3.36. The van der Waals surface area contributed by atoms with Crippen LogP contribution in [0.2, 0.25) is 5.04 Å². The van der Waals surface area contributed by atoms with Gasteiger partial charge in [0.15, 0.2) is 0 Å². The molecular weight excluding hydrogens is 667 g/mol. The molecule has 1 atom stereocenters. The van der Waals surface area contributed by atoms with Gasteiger partial charge in [0.05, 0.1) is 43.2 Å². The van der Waals surface area contributed by atoms with Gasteiger partial charge in [-0.25, -0.2) is 0 Å². The van der Waals surface area contributed by atoms with E-state index in [1.54, 1.807) is 12.1 Å². The largest absolute Gasteiger partial charge is 0.405 e. The van der Waals surface area contributed by atoms with E-state index in [1.165, 1.54) is 16.4 Å². The number of carbonyl (C=O) groups is 5. The van der Waals surface area contributed by atoms with E-state index in [-0.39, 0.29) is 47.0 Å². The summed E-state index contributed by atoms with van der Waals surface area (Å²) in [5, 5.41) is 7.31. The van der Waals surface area contributed by atoms with Crippen LogP contribution in [-0.2, 0) is 28.3 Å². The first kappa shape index (κ1) is 37.8. The number of carbonyl (C=O) groups excluding carboxylic acids is 5. The zero-order valence-corrected chi connectivity index (χ0v) is 30.6. The molecule has 2 aliphatic rings. The number of nitrogens with zero attached hydrogens (tertiary/aromatic N) is 1. The number of ether oxygens (including phenoxy) is 2. The Bertz CT molecular complexity index is 1670. The average molecular weight is 714 g/mol. The summed E-state index contributed by atoms with van der Waals surface area (Å²) >= 11 is 0. The van der Waals surface area contributed by atoms with Crippen LogP contribution in [0, 0.1) is 0 Å². The van der Waals surface area contributed by atoms with E-state index in [1.807, 2.05) is 12.1 Å². The normalized spacial score (nSPS) is 16.3. The quantitative estimate of drug-likeness (QED) is 0.121. The number of rotatable bonds is 17. The van der Waals surface area contributed by atoms with E-state index >= 15 is 0 Å². The summed E-state index contributed by atoms with van der Waals surface area (Å²) in [6.07, 6.45) is 2.50. The van der Waals surface area contributed by atoms with Crippen LogP contribution in [0.5, 0.6) is 0 Å². The number of amides is 5. The van der Waals surface area contributed by atoms with Crippen molar-refractivity contribution in [2.45, 2.75) is 70.4 Å². The third-order valence-corrected chi connectivity index (χ3v) is 14.3. The second kappa shape index (κ2) is 17.1. The molecule has 3 aromatic rings. The Morgan fingerprint density at radius 1 is 0.784 bits per heavy atom. The minimum Gasteiger partial charge on any atom is -0.405 e. The highest BCUT2D eigenvalue weighted by Crippen LogP contribution is 2.37. The number of hydrogen-bond donors (Lipinski definition) is 2. The first-order valence-corrected chi connectivity index (χ1v) is 19.5. The second-order valence-corrected chi connectivity index (χ2v) is 18.1. The van der Waals surface area contributed by atoms with Crippen LogP contribution in [0.15, 0.2) is 78.9 Å². The van der Waals surface area contributed by atoms with Crippen molar-refractivity contribution in [3.05, 3.63) is 90.0 Å². The van der Waals surface area contributed by atoms with E-state index < -0.39 is 38.0 Å². The maximum Gasteiger partial charge on any atom is 0.264 e. The Morgan fingerprint density at radius 2 is 1.41 bits per heavy atom. The van der Waals surface area contributed by atoms with Crippen LogP contribution in [0.25, 0.3) is 0 Å². The number of benzene rings is 3. The summed E-state index contributed by atoms with van der Waals surface area (Å²) in [6.45, 7) is 9.15. The van der Waals surface area contributed by atoms with Crippen molar-refractivity contribution >= 4 is 53.9 Å². The minimum atomic E-state index is -2.59. The Morgan fingerprint density at radius 3 is 2.04 bits per heavy atom. The van der Waals surface area contributed by atoms with Crippen molar-refractivity contribution in [3.63, 3.8) is 0 Å². The molecule has 1 saturated heterocycles. The summed E-state index contributed by atoms with van der Waals surface area (Å²) in [7, 11) is -2.59. The minimum absolute atomic E-state index is 0.0341. The number of nitrogens with one attached hydrogen (secondary N) is 2. The van der Waals surface area contributed by atoms with Gasteiger partial charge in [0.25, 0.3) is 20.1 Å². The molecule has 5 rings (SSSR count). The highest BCUT2D eigenvalue weighted by molar-refractivity contribution is 6.99. The van der Waals surface area contributed by atoms with Gasteiger partial charge in [0, 0.05) is 19.4 Å². The number of unbranched alkanes of at least 4 members (excludes halogenated alkanes) is 2. The Hall–Kier alpha value is -4.49. The molecule has 0 spiro atoms. The van der Waals surface area contributed by atoms with E-state index in [0.717, 1.165) is 17.7 Å². The maximum atomic E-state index is 13.2. The predicted octanol–water partition coefficient (Wildman–Crippen LogP) is 4.20. The van der Waals surface area contributed by atoms with Crippen LogP contribution < -0.4 is 21.0 Å². The van der Waals surface area contributed by atoms with Crippen molar-refractivity contribution < 1.29 is 37.9 Å². The van der Waals surface area contributed by atoms with Crippen molar-refractivity contribution in [1.82, 2.24) is 10.2 Å². The van der Waals surface area contributed by atoms with Gasteiger partial charge in [-0.15, -0.1) is 0 Å². The van der Waals surface area contributed by atoms with Crippen LogP contribution >= 0.6 is 0 Å². The lowest BCUT2D eigenvalue weighted by Gasteiger charge is -2.43. The van der Waals surface area contributed by atoms with Crippen LogP contribution in [-0.4, -0.2) is 81.8 Å². The molecule has 0 aromatic heterocycles. The van der Waals surface area contributed by atoms with E-state index in [0.29, 0.717) is 39.5 Å². The summed E-state index contributed by atoms with van der Waals surface area (Å²) in [5.74, 6) is -2.68. The van der Waals surface area contributed by atoms with Gasteiger partial charge < -0.3 is 19.2 Å². The molecule has 2 aliphatic heterocycles. The van der Waals surface area contributed by atoms with Crippen LogP contribution in [0.1, 0.15) is 80.0 Å². The van der Waals surface area contributed by atoms with Crippen LogP contribution in [0.3, 0.4) is 0 Å². The molecule has 2 N–H and O–H groups in total. The lowest BCUT2D eigenvalue weighted by Crippen LogP contribution is -2.66. The van der Waals surface area contributed by atoms with E-state index in [2.05, 4.69) is 79.9 Å². The van der Waals surface area contributed by atoms with Gasteiger partial charge in [0.2, 0.25) is 17.7 Å². The topological polar surface area (TPSA) is 140 Å². The molecule has 0 aliphatic carbocycles. The zero-order chi connectivity index (χ0) is 36.4. The zero-order valence-electron chi connectivity index (χ0n) is 29.6. The fraction of sp³-hybridized carbons (Fsp3) is 0.410. The number of anilines is 1. The molecule has 3 aromatic carbocycles. The van der Waals surface area contributed by atoms with Crippen LogP contribution in [0.4, 0.5) is 5.69 Å². The molecule has 1 unspecified atom stereocenters. The van der Waals surface area contributed by atoms with Gasteiger partial charge in [0.1, 0.15) is 6.04 Å². The van der Waals surface area contributed by atoms with Crippen molar-refractivity contribution in [3.8, 4) is 0 Å². The Kier molecular flexibility index (Phi) is 12.7. The summed E-state index contributed by atoms with van der Waals surface area (Å²) < 4.78 is 18.5. The van der Waals surface area contributed by atoms with Crippen molar-refractivity contribution in [1.29, 1.82) is 0 Å². The molecule has 12 heteroatoms. The summed E-state index contributed by atoms with van der Waals surface area (Å²) in [4.78, 5) is 63.8. The third-order valence-electron chi connectivity index (χ3n) is 9.27. The smallest absolute Gasteiger partial charge is 0.264 e. The first-order valence-electron chi connectivity index (χ1n) is 17.6. The van der Waals surface area contributed by atoms with E-state index in [9.17, 15) is 24.0 Å². The molecule has 51 heavy (non-hydrogen) atoms. The molecule has 0 radical (unpaired) electrons. The summed E-state index contributed by atoms with van der Waals surface area (Å²) in [6, 6.07) is 24.6. The van der Waals surface area contributed by atoms with Crippen molar-refractivity contribution in [2.75, 3.05) is 38.4 Å². The predicted molar refractivity (Wildman–Crippen MR) is 195 cm³/mol.